The molecule has 1 unspecified atom stereocenters. The number of carbonyl (C=O) groups excluding carboxylic acids is 2. The van der Waals surface area contributed by atoms with Crippen LogP contribution >= 0.6 is 11.6 Å². The Morgan fingerprint density at radius 1 is 0.917 bits per heavy atom. The van der Waals surface area contributed by atoms with Gasteiger partial charge in [-0.05, 0) is 49.4 Å². The van der Waals surface area contributed by atoms with Crippen molar-refractivity contribution in [1.29, 1.82) is 0 Å². The van der Waals surface area contributed by atoms with Crippen LogP contribution in [0.4, 0.5) is 21.6 Å². The van der Waals surface area contributed by atoms with Crippen molar-refractivity contribution >= 4 is 40.6 Å². The largest absolute Gasteiger partial charge is 0.343 e. The number of amides is 2. The fraction of sp³-hybridized carbons (Fsp3) is 0.0741. The summed E-state index contributed by atoms with van der Waals surface area (Å²) in [6.07, 6.45) is 1.43. The first-order chi connectivity index (χ1) is 17.4. The topological polar surface area (TPSA) is 88.0 Å². The molecule has 0 fully saturated rings. The lowest BCUT2D eigenvalue weighted by atomic mass is 9.94. The third kappa shape index (κ3) is 4.46. The molecule has 0 saturated heterocycles. The fourth-order valence-corrected chi connectivity index (χ4v) is 4.39. The molecule has 2 amide bonds. The van der Waals surface area contributed by atoms with Crippen LogP contribution in [0.1, 0.15) is 28.9 Å². The quantitative estimate of drug-likeness (QED) is 0.320. The van der Waals surface area contributed by atoms with Gasteiger partial charge in [-0.2, -0.15) is 5.10 Å². The number of fused-ring (bicyclic) bond motifs is 1. The molecule has 5 rings (SSSR count). The Bertz CT molecular complexity index is 1480. The van der Waals surface area contributed by atoms with Crippen LogP contribution < -0.4 is 16.0 Å². The number of rotatable bonds is 5. The van der Waals surface area contributed by atoms with Gasteiger partial charge in [0, 0.05) is 27.7 Å². The smallest absolute Gasteiger partial charge is 0.261 e. The van der Waals surface area contributed by atoms with Crippen molar-refractivity contribution in [2.45, 2.75) is 13.0 Å². The van der Waals surface area contributed by atoms with Crippen molar-refractivity contribution in [1.82, 2.24) is 9.78 Å². The number of halogens is 2. The molecule has 1 aliphatic rings. The number of nitrogens with one attached hydrogen (secondary N) is 3. The first kappa shape index (κ1) is 23.3. The van der Waals surface area contributed by atoms with Gasteiger partial charge in [0.15, 0.2) is 0 Å². The summed E-state index contributed by atoms with van der Waals surface area (Å²) >= 11 is 6.57. The second kappa shape index (κ2) is 9.67. The maximum absolute atomic E-state index is 13.5. The van der Waals surface area contributed by atoms with Gasteiger partial charge in [-0.25, -0.2) is 9.07 Å². The summed E-state index contributed by atoms with van der Waals surface area (Å²) in [4.78, 5) is 26.6. The fourth-order valence-electron chi connectivity index (χ4n) is 4.15. The van der Waals surface area contributed by atoms with Crippen LogP contribution in [-0.2, 0) is 4.79 Å². The Morgan fingerprint density at radius 2 is 1.56 bits per heavy atom. The van der Waals surface area contributed by atoms with Gasteiger partial charge in [0.05, 0.1) is 11.8 Å². The molecule has 1 atom stereocenters. The maximum atomic E-state index is 13.5. The molecule has 36 heavy (non-hydrogen) atoms. The highest BCUT2D eigenvalue weighted by Gasteiger charge is 2.36. The average molecular weight is 502 g/mol. The standard InChI is InChI=1S/C27H21ClFN5O2/c1-16-23(27(36)33-18-7-3-2-4-8-18)24(20-9-5-6-10-22(20)28)34-25(31-16)21(15-30-34)26(35)32-19-13-11-17(29)12-14-19/h2-15,24,31H,1H3,(H,32,35)(H,33,36). The van der Waals surface area contributed by atoms with E-state index in [1.807, 2.05) is 30.3 Å². The van der Waals surface area contributed by atoms with Gasteiger partial charge < -0.3 is 16.0 Å². The number of hydrogen-bond donors (Lipinski definition) is 3. The number of hydrogen-bond acceptors (Lipinski definition) is 4. The van der Waals surface area contributed by atoms with Gasteiger partial charge in [0.2, 0.25) is 0 Å². The van der Waals surface area contributed by atoms with Gasteiger partial charge in [-0.1, -0.05) is 48.0 Å². The minimum Gasteiger partial charge on any atom is -0.343 e. The highest BCUT2D eigenvalue weighted by molar-refractivity contribution is 6.31. The molecular weight excluding hydrogens is 481 g/mol. The molecule has 3 aromatic carbocycles. The average Bonchev–Trinajstić information content (AvgIpc) is 3.29. The predicted molar refractivity (Wildman–Crippen MR) is 138 cm³/mol. The first-order valence-electron chi connectivity index (χ1n) is 11.2. The van der Waals surface area contributed by atoms with E-state index in [1.54, 1.807) is 35.9 Å². The molecule has 9 heteroatoms. The second-order valence-corrected chi connectivity index (χ2v) is 8.63. The molecule has 0 saturated carbocycles. The van der Waals surface area contributed by atoms with Gasteiger partial charge >= 0.3 is 0 Å². The molecule has 0 spiro atoms. The van der Waals surface area contributed by atoms with Crippen molar-refractivity contribution in [2.24, 2.45) is 0 Å². The van der Waals surface area contributed by atoms with Crippen molar-refractivity contribution in [2.75, 3.05) is 16.0 Å². The van der Waals surface area contributed by atoms with E-state index in [-0.39, 0.29) is 11.5 Å². The molecule has 1 aromatic heterocycles. The minimum absolute atomic E-state index is 0.262. The van der Waals surface area contributed by atoms with Crippen LogP contribution in [0.2, 0.25) is 5.02 Å². The van der Waals surface area contributed by atoms with E-state index in [0.717, 1.165) is 0 Å². The van der Waals surface area contributed by atoms with E-state index in [1.165, 1.54) is 30.5 Å². The highest BCUT2D eigenvalue weighted by atomic mass is 35.5. The number of carbonyl (C=O) groups is 2. The van der Waals surface area contributed by atoms with Crippen molar-refractivity contribution < 1.29 is 14.0 Å². The molecule has 180 valence electrons. The number of anilines is 3. The van der Waals surface area contributed by atoms with Crippen LogP contribution in [0.5, 0.6) is 0 Å². The molecule has 0 bridgehead atoms. The monoisotopic (exact) mass is 501 g/mol. The molecule has 3 N–H and O–H groups in total. The van der Waals surface area contributed by atoms with Crippen LogP contribution in [-0.4, -0.2) is 21.6 Å². The van der Waals surface area contributed by atoms with Gasteiger partial charge in [-0.15, -0.1) is 0 Å². The van der Waals surface area contributed by atoms with Crippen molar-refractivity contribution in [3.05, 3.63) is 118 Å². The SMILES string of the molecule is CC1=C(C(=O)Nc2ccccc2)C(c2ccccc2Cl)n2ncc(C(=O)Nc3ccc(F)cc3)c2N1. The van der Waals surface area contributed by atoms with E-state index in [0.29, 0.717) is 39.0 Å². The van der Waals surface area contributed by atoms with Crippen LogP contribution in [0.3, 0.4) is 0 Å². The maximum Gasteiger partial charge on any atom is 0.261 e. The number of para-hydroxylation sites is 1. The van der Waals surface area contributed by atoms with Gasteiger partial charge in [0.25, 0.3) is 11.8 Å². The third-order valence-electron chi connectivity index (χ3n) is 5.85. The van der Waals surface area contributed by atoms with Gasteiger partial charge in [0.1, 0.15) is 23.2 Å². The number of nitrogens with zero attached hydrogens (tertiary/aromatic N) is 2. The lowest BCUT2D eigenvalue weighted by Crippen LogP contribution is -2.32. The van der Waals surface area contributed by atoms with Crippen molar-refractivity contribution in [3.8, 4) is 0 Å². The van der Waals surface area contributed by atoms with Crippen LogP contribution in [0.25, 0.3) is 0 Å². The van der Waals surface area contributed by atoms with Crippen LogP contribution in [0, 0.1) is 5.82 Å². The number of allylic oxidation sites excluding steroid dienone is 1. The second-order valence-electron chi connectivity index (χ2n) is 8.22. The Labute approximate surface area is 211 Å². The molecule has 4 aromatic rings. The Balaban J connectivity index is 1.55. The summed E-state index contributed by atoms with van der Waals surface area (Å²) in [5.74, 6) is -0.747. The Hall–Kier alpha value is -4.43. The zero-order chi connectivity index (χ0) is 25.2. The summed E-state index contributed by atoms with van der Waals surface area (Å²) in [5.41, 5.74) is 2.97. The number of benzene rings is 3. The van der Waals surface area contributed by atoms with Crippen LogP contribution in [0.15, 0.2) is 96.3 Å². The normalized spacial score (nSPS) is 14.6. The van der Waals surface area contributed by atoms with Gasteiger partial charge in [-0.3, -0.25) is 9.59 Å². The molecule has 0 radical (unpaired) electrons. The van der Waals surface area contributed by atoms with E-state index in [9.17, 15) is 14.0 Å². The van der Waals surface area contributed by atoms with E-state index in [2.05, 4.69) is 21.0 Å². The number of aromatic nitrogens is 2. The minimum atomic E-state index is -0.689. The molecule has 1 aliphatic heterocycles. The lowest BCUT2D eigenvalue weighted by molar-refractivity contribution is -0.113. The summed E-state index contributed by atoms with van der Waals surface area (Å²) in [6.45, 7) is 1.77. The van der Waals surface area contributed by atoms with E-state index in [4.69, 9.17) is 11.6 Å². The predicted octanol–water partition coefficient (Wildman–Crippen LogP) is 5.86. The summed E-state index contributed by atoms with van der Waals surface area (Å²) < 4.78 is 14.8. The van der Waals surface area contributed by atoms with E-state index < -0.39 is 17.8 Å². The third-order valence-corrected chi connectivity index (χ3v) is 6.19. The summed E-state index contributed by atoms with van der Waals surface area (Å²) in [6, 6.07) is 21.1. The van der Waals surface area contributed by atoms with E-state index >= 15 is 0 Å². The summed E-state index contributed by atoms with van der Waals surface area (Å²) in [5, 5.41) is 13.8. The molecule has 2 heterocycles. The summed E-state index contributed by atoms with van der Waals surface area (Å²) in [7, 11) is 0. The highest BCUT2D eigenvalue weighted by Crippen LogP contribution is 2.40. The Morgan fingerprint density at radius 3 is 2.28 bits per heavy atom. The zero-order valence-corrected chi connectivity index (χ0v) is 19.9. The molecule has 0 aliphatic carbocycles. The van der Waals surface area contributed by atoms with Crippen molar-refractivity contribution in [3.63, 3.8) is 0 Å². The Kier molecular flexibility index (Phi) is 6.26. The zero-order valence-electron chi connectivity index (χ0n) is 19.1. The first-order valence-corrected chi connectivity index (χ1v) is 11.5. The molecular formula is C27H21ClFN5O2. The molecule has 7 nitrogen and oxygen atoms in total. The lowest BCUT2D eigenvalue weighted by Gasteiger charge is -2.30.